The number of aryl methyl sites for hydroxylation is 1. The molecule has 0 aliphatic heterocycles. The summed E-state index contributed by atoms with van der Waals surface area (Å²) >= 11 is 0. The third kappa shape index (κ3) is 5.47. The molecule has 0 aliphatic carbocycles. The van der Waals surface area contributed by atoms with E-state index >= 15 is 0 Å². The van der Waals surface area contributed by atoms with Crippen LogP contribution >= 0.6 is 0 Å². The number of nitrogens with zero attached hydrogens (tertiary/aromatic N) is 2. The zero-order valence-electron chi connectivity index (χ0n) is 15.5. The highest BCUT2D eigenvalue weighted by Crippen LogP contribution is 2.19. The quantitative estimate of drug-likeness (QED) is 0.634. The van der Waals surface area contributed by atoms with Crippen molar-refractivity contribution >= 4 is 11.6 Å². The van der Waals surface area contributed by atoms with Crippen molar-refractivity contribution in [2.24, 2.45) is 0 Å². The third-order valence-corrected chi connectivity index (χ3v) is 4.21. The predicted molar refractivity (Wildman–Crippen MR) is 103 cm³/mol. The minimum Gasteiger partial charge on any atom is -0.361 e. The Kier molecular flexibility index (Phi) is 6.49. The van der Waals surface area contributed by atoms with Crippen LogP contribution in [0.1, 0.15) is 12.2 Å². The number of halogens is 2. The van der Waals surface area contributed by atoms with E-state index in [1.807, 2.05) is 41.3 Å². The molecule has 0 atom stereocenters. The molecule has 1 amide bonds. The van der Waals surface area contributed by atoms with E-state index in [-0.39, 0.29) is 18.1 Å². The van der Waals surface area contributed by atoms with Gasteiger partial charge in [-0.1, -0.05) is 35.5 Å². The summed E-state index contributed by atoms with van der Waals surface area (Å²) in [6.45, 7) is 0.753. The minimum absolute atomic E-state index is 0.0325. The van der Waals surface area contributed by atoms with Gasteiger partial charge in [-0.15, -0.1) is 0 Å². The number of hydrogen-bond acceptors (Lipinski definition) is 4. The first-order chi connectivity index (χ1) is 13.5. The van der Waals surface area contributed by atoms with Gasteiger partial charge in [0.1, 0.15) is 23.1 Å². The van der Waals surface area contributed by atoms with Gasteiger partial charge in [-0.2, -0.15) is 0 Å². The number of hydrogen-bond donors (Lipinski definition) is 1. The molecule has 146 valence electrons. The van der Waals surface area contributed by atoms with E-state index in [0.717, 1.165) is 35.6 Å². The molecular weight excluding hydrogens is 364 g/mol. The van der Waals surface area contributed by atoms with Crippen LogP contribution < -0.4 is 5.32 Å². The van der Waals surface area contributed by atoms with Crippen molar-refractivity contribution < 1.29 is 18.1 Å². The van der Waals surface area contributed by atoms with E-state index < -0.39 is 11.6 Å². The highest BCUT2D eigenvalue weighted by atomic mass is 19.1. The SMILES string of the molecule is CN(CCCc1cc(-c2ccccc2)no1)CC(=O)Nc1ccc(F)cc1F. The maximum absolute atomic E-state index is 13.6. The Labute approximate surface area is 162 Å². The van der Waals surface area contributed by atoms with Crippen molar-refractivity contribution in [1.82, 2.24) is 10.1 Å². The van der Waals surface area contributed by atoms with E-state index in [1.165, 1.54) is 6.07 Å². The topological polar surface area (TPSA) is 58.4 Å². The van der Waals surface area contributed by atoms with Gasteiger partial charge >= 0.3 is 0 Å². The third-order valence-electron chi connectivity index (χ3n) is 4.21. The number of nitrogens with one attached hydrogen (secondary N) is 1. The van der Waals surface area contributed by atoms with Gasteiger partial charge in [-0.3, -0.25) is 9.69 Å². The Hall–Kier alpha value is -3.06. The highest BCUT2D eigenvalue weighted by Gasteiger charge is 2.11. The highest BCUT2D eigenvalue weighted by molar-refractivity contribution is 5.92. The zero-order chi connectivity index (χ0) is 19.9. The van der Waals surface area contributed by atoms with E-state index in [2.05, 4.69) is 10.5 Å². The van der Waals surface area contributed by atoms with Gasteiger partial charge in [0.25, 0.3) is 0 Å². The Bertz CT molecular complexity index is 928. The maximum Gasteiger partial charge on any atom is 0.238 e. The number of anilines is 1. The van der Waals surface area contributed by atoms with Crippen molar-refractivity contribution in [3.05, 3.63) is 72.0 Å². The van der Waals surface area contributed by atoms with Crippen LogP contribution in [0.25, 0.3) is 11.3 Å². The Morgan fingerprint density at radius 3 is 2.68 bits per heavy atom. The Balaban J connectivity index is 1.42. The molecule has 0 saturated carbocycles. The smallest absolute Gasteiger partial charge is 0.238 e. The summed E-state index contributed by atoms with van der Waals surface area (Å²) in [5.41, 5.74) is 1.76. The predicted octanol–water partition coefficient (Wildman–Crippen LogP) is 4.12. The van der Waals surface area contributed by atoms with Gasteiger partial charge in [0.05, 0.1) is 12.2 Å². The van der Waals surface area contributed by atoms with Gasteiger partial charge in [0, 0.05) is 24.1 Å². The summed E-state index contributed by atoms with van der Waals surface area (Å²) in [6, 6.07) is 14.7. The van der Waals surface area contributed by atoms with Gasteiger partial charge in [0.2, 0.25) is 5.91 Å². The molecule has 0 radical (unpaired) electrons. The summed E-state index contributed by atoms with van der Waals surface area (Å²) < 4.78 is 31.8. The molecule has 1 aromatic heterocycles. The number of carbonyl (C=O) groups is 1. The number of aromatic nitrogens is 1. The van der Waals surface area contributed by atoms with Crippen LogP contribution in [0.2, 0.25) is 0 Å². The normalized spacial score (nSPS) is 11.0. The van der Waals surface area contributed by atoms with Crippen LogP contribution in [0.4, 0.5) is 14.5 Å². The molecule has 3 aromatic rings. The standard InChI is InChI=1S/C21H21F2N3O2/c1-26(14-21(27)24-19-10-9-16(22)12-18(19)23)11-5-8-17-13-20(25-28-17)15-6-3-2-4-7-15/h2-4,6-7,9-10,12-13H,5,8,11,14H2,1H3,(H,24,27). The van der Waals surface area contributed by atoms with Crippen LogP contribution in [0.3, 0.4) is 0 Å². The Morgan fingerprint density at radius 2 is 1.93 bits per heavy atom. The molecule has 0 aliphatic rings. The Morgan fingerprint density at radius 1 is 1.14 bits per heavy atom. The average Bonchev–Trinajstić information content (AvgIpc) is 3.14. The summed E-state index contributed by atoms with van der Waals surface area (Å²) in [5, 5.41) is 6.53. The average molecular weight is 385 g/mol. The molecule has 0 unspecified atom stereocenters. The molecular formula is C21H21F2N3O2. The summed E-state index contributed by atoms with van der Waals surface area (Å²) in [6.07, 6.45) is 1.47. The van der Waals surface area contributed by atoms with E-state index in [1.54, 1.807) is 7.05 Å². The van der Waals surface area contributed by atoms with Gasteiger partial charge in [0.15, 0.2) is 0 Å². The summed E-state index contributed by atoms with van der Waals surface area (Å²) in [7, 11) is 1.80. The van der Waals surface area contributed by atoms with Gasteiger partial charge < -0.3 is 9.84 Å². The molecule has 0 fully saturated rings. The second-order valence-electron chi connectivity index (χ2n) is 6.56. The number of amides is 1. The lowest BCUT2D eigenvalue weighted by Crippen LogP contribution is -2.31. The number of benzene rings is 2. The van der Waals surface area contributed by atoms with Crippen LogP contribution in [0.15, 0.2) is 59.1 Å². The molecule has 0 bridgehead atoms. The fraction of sp³-hybridized carbons (Fsp3) is 0.238. The molecule has 1 heterocycles. The number of likely N-dealkylation sites (N-methyl/N-ethyl adjacent to an activating group) is 1. The zero-order valence-corrected chi connectivity index (χ0v) is 15.5. The first-order valence-corrected chi connectivity index (χ1v) is 8.96. The van der Waals surface area contributed by atoms with E-state index in [4.69, 9.17) is 4.52 Å². The van der Waals surface area contributed by atoms with Crippen molar-refractivity contribution in [2.45, 2.75) is 12.8 Å². The lowest BCUT2D eigenvalue weighted by molar-refractivity contribution is -0.117. The lowest BCUT2D eigenvalue weighted by Gasteiger charge is -2.16. The first kappa shape index (κ1) is 19.7. The maximum atomic E-state index is 13.6. The second kappa shape index (κ2) is 9.23. The van der Waals surface area contributed by atoms with Crippen LogP contribution in [0.5, 0.6) is 0 Å². The van der Waals surface area contributed by atoms with Crippen LogP contribution in [-0.4, -0.2) is 36.1 Å². The van der Waals surface area contributed by atoms with Crippen molar-refractivity contribution in [3.8, 4) is 11.3 Å². The summed E-state index contributed by atoms with van der Waals surface area (Å²) in [5.74, 6) is -1.06. The van der Waals surface area contributed by atoms with Crippen molar-refractivity contribution in [1.29, 1.82) is 0 Å². The van der Waals surface area contributed by atoms with Crippen molar-refractivity contribution in [3.63, 3.8) is 0 Å². The largest absolute Gasteiger partial charge is 0.361 e. The molecule has 7 heteroatoms. The molecule has 0 saturated heterocycles. The molecule has 2 aromatic carbocycles. The van der Waals surface area contributed by atoms with Crippen LogP contribution in [-0.2, 0) is 11.2 Å². The first-order valence-electron chi connectivity index (χ1n) is 8.96. The molecule has 28 heavy (non-hydrogen) atoms. The molecule has 5 nitrogen and oxygen atoms in total. The summed E-state index contributed by atoms with van der Waals surface area (Å²) in [4.78, 5) is 13.8. The molecule has 1 N–H and O–H groups in total. The molecule has 0 spiro atoms. The fourth-order valence-corrected chi connectivity index (χ4v) is 2.80. The van der Waals surface area contributed by atoms with Crippen molar-refractivity contribution in [2.75, 3.05) is 25.5 Å². The second-order valence-corrected chi connectivity index (χ2v) is 6.56. The minimum atomic E-state index is -0.796. The van der Waals surface area contributed by atoms with E-state index in [0.29, 0.717) is 13.0 Å². The fourth-order valence-electron chi connectivity index (χ4n) is 2.80. The number of carbonyl (C=O) groups excluding carboxylic acids is 1. The van der Waals surface area contributed by atoms with Crippen LogP contribution in [0, 0.1) is 11.6 Å². The monoisotopic (exact) mass is 385 g/mol. The van der Waals surface area contributed by atoms with Gasteiger partial charge in [-0.05, 0) is 32.1 Å². The number of rotatable bonds is 8. The van der Waals surface area contributed by atoms with E-state index in [9.17, 15) is 13.6 Å². The lowest BCUT2D eigenvalue weighted by atomic mass is 10.1. The molecule has 3 rings (SSSR count). The van der Waals surface area contributed by atoms with Gasteiger partial charge in [-0.25, -0.2) is 8.78 Å².